The highest BCUT2D eigenvalue weighted by molar-refractivity contribution is 5.68. The molecule has 0 spiro atoms. The first kappa shape index (κ1) is 20.2. The molecular weight excluding hydrogens is 346 g/mol. The van der Waals surface area contributed by atoms with Crippen molar-refractivity contribution in [3.8, 4) is 0 Å². The van der Waals surface area contributed by atoms with E-state index in [2.05, 4.69) is 0 Å². The summed E-state index contributed by atoms with van der Waals surface area (Å²) in [6.45, 7) is 5.73. The van der Waals surface area contributed by atoms with Gasteiger partial charge in [-0.15, -0.1) is 0 Å². The molecule has 0 N–H and O–H groups in total. The second kappa shape index (κ2) is 8.48. The summed E-state index contributed by atoms with van der Waals surface area (Å²) in [7, 11) is 0. The molecule has 0 unspecified atom stereocenters. The van der Waals surface area contributed by atoms with Crippen LogP contribution in [0.5, 0.6) is 0 Å². The minimum absolute atomic E-state index is 0.0137. The lowest BCUT2D eigenvalue weighted by Crippen LogP contribution is -2.49. The Morgan fingerprint density at radius 2 is 1.42 bits per heavy atom. The molecule has 0 aliphatic carbocycles. The highest BCUT2D eigenvalue weighted by Crippen LogP contribution is 2.37. The van der Waals surface area contributed by atoms with Crippen molar-refractivity contribution >= 4 is 23.9 Å². The second-order valence-corrected chi connectivity index (χ2v) is 6.58. The van der Waals surface area contributed by atoms with Crippen molar-refractivity contribution in [1.82, 2.24) is 4.90 Å². The Balaban J connectivity index is 2.26. The summed E-state index contributed by atoms with van der Waals surface area (Å²) in [6.07, 6.45) is -0.776. The third-order valence-corrected chi connectivity index (χ3v) is 4.54. The van der Waals surface area contributed by atoms with E-state index in [0.717, 1.165) is 0 Å². The average Bonchev–Trinajstić information content (AvgIpc) is 2.76. The molecule has 0 aromatic heterocycles. The second-order valence-electron chi connectivity index (χ2n) is 6.58. The number of hydrogen-bond acceptors (Lipinski definition) is 9. The van der Waals surface area contributed by atoms with E-state index >= 15 is 0 Å². The molecular formula is C17H25NO8. The molecule has 2 fully saturated rings. The molecule has 146 valence electrons. The molecule has 0 bridgehead atoms. The highest BCUT2D eigenvalue weighted by atomic mass is 16.6. The van der Waals surface area contributed by atoms with Crippen molar-refractivity contribution in [1.29, 1.82) is 0 Å². The SMILES string of the molecule is CC(=O)OC[C@@H]1[C@@H](OC(C)=O)[C@@H](OC(C)=O)[C@@H]2C[C@H](OC(C)=O)CCN12. The summed E-state index contributed by atoms with van der Waals surface area (Å²) in [5, 5.41) is 0. The molecule has 9 nitrogen and oxygen atoms in total. The van der Waals surface area contributed by atoms with Crippen LogP contribution in [0, 0.1) is 0 Å². The van der Waals surface area contributed by atoms with Gasteiger partial charge in [-0.05, 0) is 6.42 Å². The summed E-state index contributed by atoms with van der Waals surface area (Å²) in [5.41, 5.74) is 0. The summed E-state index contributed by atoms with van der Waals surface area (Å²) in [4.78, 5) is 47.7. The van der Waals surface area contributed by atoms with Crippen LogP contribution in [-0.4, -0.2) is 72.3 Å². The summed E-state index contributed by atoms with van der Waals surface area (Å²) >= 11 is 0. The minimum Gasteiger partial charge on any atom is -0.464 e. The predicted octanol–water partition coefficient (Wildman–Crippen LogP) is 0.191. The molecule has 2 rings (SSSR count). The van der Waals surface area contributed by atoms with Gasteiger partial charge in [0, 0.05) is 40.7 Å². The van der Waals surface area contributed by atoms with Crippen molar-refractivity contribution in [3.05, 3.63) is 0 Å². The maximum Gasteiger partial charge on any atom is 0.303 e. The lowest BCUT2D eigenvalue weighted by atomic mass is 9.97. The van der Waals surface area contributed by atoms with E-state index in [4.69, 9.17) is 18.9 Å². The number of esters is 4. The fourth-order valence-corrected chi connectivity index (χ4v) is 3.75. The molecule has 26 heavy (non-hydrogen) atoms. The van der Waals surface area contributed by atoms with Gasteiger partial charge in [-0.25, -0.2) is 0 Å². The van der Waals surface area contributed by atoms with Crippen LogP contribution in [-0.2, 0) is 38.1 Å². The Kier molecular flexibility index (Phi) is 6.57. The standard InChI is InChI=1S/C17H25NO8/c1-9(19)23-8-15-17(26-12(4)22)16(25-11(3)21)14-7-13(24-10(2)20)5-6-18(14)15/h13-17H,5-8H2,1-4H3/t13-,14+,15-,16+,17-/m1/s1. The van der Waals surface area contributed by atoms with Crippen LogP contribution < -0.4 is 0 Å². The van der Waals surface area contributed by atoms with Gasteiger partial charge in [0.05, 0.1) is 12.1 Å². The fourth-order valence-electron chi connectivity index (χ4n) is 3.75. The van der Waals surface area contributed by atoms with Gasteiger partial charge < -0.3 is 18.9 Å². The number of carbonyl (C=O) groups is 4. The van der Waals surface area contributed by atoms with E-state index in [9.17, 15) is 19.2 Å². The van der Waals surface area contributed by atoms with E-state index in [1.165, 1.54) is 27.7 Å². The van der Waals surface area contributed by atoms with Crippen molar-refractivity contribution in [3.63, 3.8) is 0 Å². The minimum atomic E-state index is -0.767. The monoisotopic (exact) mass is 371 g/mol. The molecule has 5 atom stereocenters. The van der Waals surface area contributed by atoms with E-state index in [0.29, 0.717) is 19.4 Å². The maximum absolute atomic E-state index is 11.6. The van der Waals surface area contributed by atoms with Crippen LogP contribution in [0.4, 0.5) is 0 Å². The molecule has 0 aromatic carbocycles. The predicted molar refractivity (Wildman–Crippen MR) is 86.8 cm³/mol. The van der Waals surface area contributed by atoms with E-state index in [1.807, 2.05) is 4.90 Å². The van der Waals surface area contributed by atoms with Gasteiger partial charge in [0.1, 0.15) is 12.7 Å². The van der Waals surface area contributed by atoms with Crippen LogP contribution >= 0.6 is 0 Å². The van der Waals surface area contributed by atoms with Gasteiger partial charge in [-0.2, -0.15) is 0 Å². The number of hydrogen-bond donors (Lipinski definition) is 0. The lowest BCUT2D eigenvalue weighted by Gasteiger charge is -2.37. The average molecular weight is 371 g/mol. The van der Waals surface area contributed by atoms with E-state index in [1.54, 1.807) is 0 Å². The van der Waals surface area contributed by atoms with Crippen LogP contribution in [0.25, 0.3) is 0 Å². The topological polar surface area (TPSA) is 108 Å². The zero-order valence-corrected chi connectivity index (χ0v) is 15.4. The summed E-state index contributed by atoms with van der Waals surface area (Å²) in [5.74, 6) is -1.85. The van der Waals surface area contributed by atoms with Gasteiger partial charge in [-0.3, -0.25) is 24.1 Å². The number of nitrogens with zero attached hydrogens (tertiary/aromatic N) is 1. The van der Waals surface area contributed by atoms with Gasteiger partial charge in [-0.1, -0.05) is 0 Å². The summed E-state index contributed by atoms with van der Waals surface area (Å²) < 4.78 is 21.3. The Labute approximate surface area is 151 Å². The van der Waals surface area contributed by atoms with Crippen LogP contribution in [0.2, 0.25) is 0 Å². The molecule has 2 aliphatic heterocycles. The third kappa shape index (κ3) is 4.94. The Morgan fingerprint density at radius 3 is 1.96 bits per heavy atom. The Morgan fingerprint density at radius 1 is 0.846 bits per heavy atom. The highest BCUT2D eigenvalue weighted by Gasteiger charge is 2.55. The van der Waals surface area contributed by atoms with Crippen molar-refractivity contribution in [2.45, 2.75) is 70.9 Å². The Bertz CT molecular complexity index is 577. The van der Waals surface area contributed by atoms with E-state index in [-0.39, 0.29) is 24.7 Å². The smallest absolute Gasteiger partial charge is 0.303 e. The molecule has 0 saturated carbocycles. The molecule has 2 aliphatic rings. The molecule has 0 radical (unpaired) electrons. The number of fused-ring (bicyclic) bond motifs is 1. The lowest BCUT2D eigenvalue weighted by molar-refractivity contribution is -0.166. The molecule has 0 amide bonds. The molecule has 9 heteroatoms. The fraction of sp³-hybridized carbons (Fsp3) is 0.765. The first-order chi connectivity index (χ1) is 12.2. The quantitative estimate of drug-likeness (QED) is 0.494. The largest absolute Gasteiger partial charge is 0.464 e. The third-order valence-electron chi connectivity index (χ3n) is 4.54. The van der Waals surface area contributed by atoms with Crippen molar-refractivity contribution < 1.29 is 38.1 Å². The zero-order chi connectivity index (χ0) is 19.4. The normalized spacial score (nSPS) is 30.8. The first-order valence-electron chi connectivity index (χ1n) is 8.59. The van der Waals surface area contributed by atoms with Gasteiger partial charge in [0.15, 0.2) is 12.2 Å². The van der Waals surface area contributed by atoms with Crippen LogP contribution in [0.3, 0.4) is 0 Å². The number of rotatable bonds is 5. The van der Waals surface area contributed by atoms with Crippen LogP contribution in [0.15, 0.2) is 0 Å². The maximum atomic E-state index is 11.6. The van der Waals surface area contributed by atoms with E-state index < -0.39 is 36.2 Å². The van der Waals surface area contributed by atoms with Gasteiger partial charge in [0.2, 0.25) is 0 Å². The van der Waals surface area contributed by atoms with Gasteiger partial charge in [0.25, 0.3) is 0 Å². The molecule has 2 saturated heterocycles. The Hall–Kier alpha value is -2.16. The van der Waals surface area contributed by atoms with Crippen LogP contribution in [0.1, 0.15) is 40.5 Å². The molecule has 2 heterocycles. The number of carbonyl (C=O) groups excluding carboxylic acids is 4. The molecule has 0 aromatic rings. The first-order valence-corrected chi connectivity index (χ1v) is 8.59. The zero-order valence-electron chi connectivity index (χ0n) is 15.4. The summed E-state index contributed by atoms with van der Waals surface area (Å²) in [6, 6.07) is -0.739. The number of piperidine rings is 1. The van der Waals surface area contributed by atoms with Crippen molar-refractivity contribution in [2.75, 3.05) is 13.2 Å². The number of ether oxygens (including phenoxy) is 4. The van der Waals surface area contributed by atoms with Crippen molar-refractivity contribution in [2.24, 2.45) is 0 Å². The van der Waals surface area contributed by atoms with Gasteiger partial charge >= 0.3 is 23.9 Å².